The van der Waals surface area contributed by atoms with Gasteiger partial charge in [-0.25, -0.2) is 0 Å². The van der Waals surface area contributed by atoms with Crippen molar-refractivity contribution in [2.45, 2.75) is 19.2 Å². The van der Waals surface area contributed by atoms with Crippen LogP contribution in [0.1, 0.15) is 30.3 Å². The molecule has 0 aliphatic heterocycles. The highest BCUT2D eigenvalue weighted by Crippen LogP contribution is 2.15. The van der Waals surface area contributed by atoms with Gasteiger partial charge in [0.1, 0.15) is 7.85 Å². The Morgan fingerprint density at radius 3 is 2.42 bits per heavy atom. The highest BCUT2D eigenvalue weighted by atomic mass is 14.2. The first-order valence-corrected chi connectivity index (χ1v) is 4.28. The summed E-state index contributed by atoms with van der Waals surface area (Å²) in [6.07, 6.45) is 1.14. The zero-order valence-corrected chi connectivity index (χ0v) is 7.54. The second-order valence-electron chi connectivity index (χ2n) is 3.04. The summed E-state index contributed by atoms with van der Waals surface area (Å²) in [4.78, 5) is 0. The Labute approximate surface area is 74.4 Å². The van der Waals surface area contributed by atoms with Gasteiger partial charge in [0.2, 0.25) is 0 Å². The van der Waals surface area contributed by atoms with Crippen LogP contribution in [0.3, 0.4) is 0 Å². The molecule has 1 rings (SSSR count). The smallest absolute Gasteiger partial charge is 0.111 e. The third-order valence-electron chi connectivity index (χ3n) is 2.22. The second-order valence-corrected chi connectivity index (χ2v) is 3.04. The molecule has 0 aromatic heterocycles. The van der Waals surface area contributed by atoms with Crippen molar-refractivity contribution in [3.8, 4) is 6.07 Å². The molecule has 0 aliphatic rings. The molecule has 60 valence electrons. The lowest BCUT2D eigenvalue weighted by atomic mass is 9.79. The zero-order valence-electron chi connectivity index (χ0n) is 7.54. The van der Waals surface area contributed by atoms with E-state index in [2.05, 4.69) is 20.8 Å². The molecule has 0 saturated carbocycles. The van der Waals surface area contributed by atoms with Crippen LogP contribution in [-0.4, -0.2) is 7.85 Å². The average molecular weight is 157 g/mol. The third kappa shape index (κ3) is 1.89. The van der Waals surface area contributed by atoms with Crippen LogP contribution in [0.25, 0.3) is 0 Å². The van der Waals surface area contributed by atoms with E-state index in [0.29, 0.717) is 5.82 Å². The number of rotatable bonds is 2. The van der Waals surface area contributed by atoms with Crippen LogP contribution >= 0.6 is 0 Å². The lowest BCUT2D eigenvalue weighted by Gasteiger charge is -2.07. The van der Waals surface area contributed by atoms with Gasteiger partial charge < -0.3 is 0 Å². The summed E-state index contributed by atoms with van der Waals surface area (Å²) in [6, 6.07) is 9.93. The van der Waals surface area contributed by atoms with Crippen LogP contribution in [0.15, 0.2) is 24.3 Å². The molecule has 0 saturated heterocycles. The first kappa shape index (κ1) is 8.87. The zero-order chi connectivity index (χ0) is 8.97. The van der Waals surface area contributed by atoms with Crippen molar-refractivity contribution < 1.29 is 0 Å². The minimum atomic E-state index is 0.595. The molecule has 2 heteroatoms. The van der Waals surface area contributed by atoms with Crippen molar-refractivity contribution in [1.82, 2.24) is 0 Å². The van der Waals surface area contributed by atoms with Crippen LogP contribution in [0.4, 0.5) is 0 Å². The molecule has 0 N–H and O–H groups in total. The molecule has 1 aromatic rings. The van der Waals surface area contributed by atoms with E-state index >= 15 is 0 Å². The van der Waals surface area contributed by atoms with E-state index in [-0.39, 0.29) is 0 Å². The molecule has 0 radical (unpaired) electrons. The van der Waals surface area contributed by atoms with E-state index in [1.807, 2.05) is 24.3 Å². The van der Waals surface area contributed by atoms with E-state index in [1.165, 1.54) is 5.56 Å². The van der Waals surface area contributed by atoms with E-state index in [0.717, 1.165) is 12.0 Å². The highest BCUT2D eigenvalue weighted by molar-refractivity contribution is 6.12. The molecule has 1 atom stereocenters. The van der Waals surface area contributed by atoms with Crippen LogP contribution in [0, 0.1) is 11.3 Å². The average Bonchev–Trinajstić information content (AvgIpc) is 2.17. The van der Waals surface area contributed by atoms with Gasteiger partial charge in [-0.15, -0.1) is 0 Å². The number of benzene rings is 1. The Balaban J connectivity index is 2.86. The summed E-state index contributed by atoms with van der Waals surface area (Å²) < 4.78 is 0. The molecule has 0 bridgehead atoms. The molecule has 1 unspecified atom stereocenters. The topological polar surface area (TPSA) is 23.8 Å². The van der Waals surface area contributed by atoms with Crippen LogP contribution in [0.2, 0.25) is 0 Å². The summed E-state index contributed by atoms with van der Waals surface area (Å²) in [6.45, 7) is 2.17. The van der Waals surface area contributed by atoms with Crippen molar-refractivity contribution in [3.05, 3.63) is 35.4 Å². The predicted molar refractivity (Wildman–Crippen MR) is 52.7 cm³/mol. The van der Waals surface area contributed by atoms with E-state index in [1.54, 1.807) is 0 Å². The number of hydrogen-bond acceptors (Lipinski definition) is 1. The quantitative estimate of drug-likeness (QED) is 0.598. The highest BCUT2D eigenvalue weighted by Gasteiger charge is 2.01. The Hall–Kier alpha value is -1.23. The minimum absolute atomic E-state index is 0.595. The SMILES string of the molecule is BC(CC)c1ccc(C#N)cc1. The first-order chi connectivity index (χ1) is 5.77. The summed E-state index contributed by atoms with van der Waals surface area (Å²) in [5.41, 5.74) is 2.05. The Kier molecular flexibility index (Phi) is 2.93. The fraction of sp³-hybridized carbons (Fsp3) is 0.300. The van der Waals surface area contributed by atoms with Gasteiger partial charge in [-0.1, -0.05) is 31.0 Å². The van der Waals surface area contributed by atoms with Gasteiger partial charge >= 0.3 is 0 Å². The fourth-order valence-electron chi connectivity index (χ4n) is 1.12. The number of nitriles is 1. The van der Waals surface area contributed by atoms with Gasteiger partial charge in [0.05, 0.1) is 11.6 Å². The van der Waals surface area contributed by atoms with Gasteiger partial charge in [-0.3, -0.25) is 0 Å². The Morgan fingerprint density at radius 1 is 1.42 bits per heavy atom. The maximum Gasteiger partial charge on any atom is 0.111 e. The second kappa shape index (κ2) is 3.97. The van der Waals surface area contributed by atoms with Crippen molar-refractivity contribution in [2.75, 3.05) is 0 Å². The maximum atomic E-state index is 8.57. The first-order valence-electron chi connectivity index (χ1n) is 4.28. The molecular weight excluding hydrogens is 145 g/mol. The minimum Gasteiger partial charge on any atom is -0.192 e. The number of nitrogens with zero attached hydrogens (tertiary/aromatic N) is 1. The largest absolute Gasteiger partial charge is 0.192 e. The van der Waals surface area contributed by atoms with Crippen molar-refractivity contribution >= 4 is 7.85 Å². The monoisotopic (exact) mass is 157 g/mol. The molecule has 1 nitrogen and oxygen atoms in total. The van der Waals surface area contributed by atoms with Gasteiger partial charge in [-0.2, -0.15) is 5.26 Å². The number of hydrogen-bond donors (Lipinski definition) is 0. The fourth-order valence-corrected chi connectivity index (χ4v) is 1.12. The van der Waals surface area contributed by atoms with E-state index in [4.69, 9.17) is 5.26 Å². The molecular formula is C10H12BN. The van der Waals surface area contributed by atoms with E-state index in [9.17, 15) is 0 Å². The Bertz CT molecular complexity index is 284. The lowest BCUT2D eigenvalue weighted by Crippen LogP contribution is -1.95. The van der Waals surface area contributed by atoms with Crippen LogP contribution < -0.4 is 0 Å². The van der Waals surface area contributed by atoms with Crippen LogP contribution in [0.5, 0.6) is 0 Å². The van der Waals surface area contributed by atoms with Crippen molar-refractivity contribution in [2.24, 2.45) is 0 Å². The molecule has 1 aromatic carbocycles. The summed E-state index contributed by atoms with van der Waals surface area (Å²) in [5.74, 6) is 0.595. The Morgan fingerprint density at radius 2 is 2.00 bits per heavy atom. The predicted octanol–water partition coefficient (Wildman–Crippen LogP) is 1.64. The summed E-state index contributed by atoms with van der Waals surface area (Å²) in [5, 5.41) is 8.57. The van der Waals surface area contributed by atoms with Gasteiger partial charge in [0.25, 0.3) is 0 Å². The van der Waals surface area contributed by atoms with Crippen molar-refractivity contribution in [3.63, 3.8) is 0 Å². The third-order valence-corrected chi connectivity index (χ3v) is 2.22. The summed E-state index contributed by atoms with van der Waals surface area (Å²) in [7, 11) is 2.20. The van der Waals surface area contributed by atoms with Gasteiger partial charge in [-0.05, 0) is 17.9 Å². The molecule has 0 fully saturated rings. The van der Waals surface area contributed by atoms with Gasteiger partial charge in [0.15, 0.2) is 0 Å². The molecule has 12 heavy (non-hydrogen) atoms. The van der Waals surface area contributed by atoms with Gasteiger partial charge in [0, 0.05) is 0 Å². The standard InChI is InChI=1S/C10H12BN/c1-2-10(11)9-5-3-8(7-12)4-6-9/h3-6,10H,2,11H2,1H3. The molecule has 0 heterocycles. The van der Waals surface area contributed by atoms with Crippen molar-refractivity contribution in [1.29, 1.82) is 5.26 Å². The summed E-state index contributed by atoms with van der Waals surface area (Å²) >= 11 is 0. The maximum absolute atomic E-state index is 8.57. The lowest BCUT2D eigenvalue weighted by molar-refractivity contribution is 0.882. The normalized spacial score (nSPS) is 12.0. The van der Waals surface area contributed by atoms with E-state index < -0.39 is 0 Å². The molecule has 0 spiro atoms. The van der Waals surface area contributed by atoms with Crippen LogP contribution in [-0.2, 0) is 0 Å². The molecule has 0 amide bonds. The molecule has 0 aliphatic carbocycles.